The molecule has 0 atom stereocenters. The third kappa shape index (κ3) is 2.53. The number of aromatic hydroxyl groups is 1. The molecule has 100 valence electrons. The monoisotopic (exact) mass is 251 g/mol. The van der Waals surface area contributed by atoms with Crippen molar-refractivity contribution in [3.63, 3.8) is 0 Å². The largest absolute Gasteiger partial charge is 0.507 e. The van der Waals surface area contributed by atoms with Gasteiger partial charge in [-0.25, -0.2) is 0 Å². The molecule has 0 aromatic heterocycles. The van der Waals surface area contributed by atoms with Crippen molar-refractivity contribution in [3.8, 4) is 17.2 Å². The summed E-state index contributed by atoms with van der Waals surface area (Å²) in [6.45, 7) is 5.32. The van der Waals surface area contributed by atoms with Crippen LogP contribution in [0.5, 0.6) is 17.2 Å². The maximum Gasteiger partial charge on any atom is 0.231 e. The normalized spacial score (nSPS) is 13.6. The number of fused-ring (bicyclic) bond motifs is 1. The molecule has 0 fully saturated rings. The summed E-state index contributed by atoms with van der Waals surface area (Å²) in [4.78, 5) is 2.26. The number of rotatable bonds is 5. The van der Waals surface area contributed by atoms with Crippen LogP contribution in [0.3, 0.4) is 0 Å². The van der Waals surface area contributed by atoms with Gasteiger partial charge in [-0.2, -0.15) is 0 Å². The van der Waals surface area contributed by atoms with Crippen molar-refractivity contribution in [2.45, 2.75) is 39.3 Å². The molecule has 1 heterocycles. The molecule has 18 heavy (non-hydrogen) atoms. The Kier molecular flexibility index (Phi) is 3.97. The second-order valence-corrected chi connectivity index (χ2v) is 4.72. The van der Waals surface area contributed by atoms with E-state index < -0.39 is 0 Å². The SMILES string of the molecule is CCC(CC)N(C)Cc1cc2c(cc1O)OCO2. The van der Waals surface area contributed by atoms with Gasteiger partial charge in [0.15, 0.2) is 11.5 Å². The molecule has 1 aliphatic heterocycles. The first kappa shape index (κ1) is 13.0. The molecule has 4 nitrogen and oxygen atoms in total. The molecule has 0 bridgehead atoms. The molecule has 0 unspecified atom stereocenters. The van der Waals surface area contributed by atoms with E-state index in [0.29, 0.717) is 11.8 Å². The summed E-state index contributed by atoms with van der Waals surface area (Å²) in [5.41, 5.74) is 0.883. The molecule has 0 saturated heterocycles. The molecule has 0 radical (unpaired) electrons. The van der Waals surface area contributed by atoms with Crippen LogP contribution in [0.25, 0.3) is 0 Å². The summed E-state index contributed by atoms with van der Waals surface area (Å²) in [7, 11) is 2.09. The molecular weight excluding hydrogens is 230 g/mol. The van der Waals surface area contributed by atoms with E-state index in [1.165, 1.54) is 0 Å². The number of benzene rings is 1. The summed E-state index contributed by atoms with van der Waals surface area (Å²) in [5, 5.41) is 9.99. The predicted octanol–water partition coefficient (Wildman–Crippen LogP) is 2.74. The van der Waals surface area contributed by atoms with Crippen LogP contribution in [0.15, 0.2) is 12.1 Å². The van der Waals surface area contributed by atoms with Gasteiger partial charge in [-0.1, -0.05) is 13.8 Å². The number of phenols is 1. The third-order valence-corrected chi connectivity index (χ3v) is 3.56. The summed E-state index contributed by atoms with van der Waals surface area (Å²) < 4.78 is 10.6. The molecular formula is C14H21NO3. The van der Waals surface area contributed by atoms with Crippen molar-refractivity contribution in [2.24, 2.45) is 0 Å². The van der Waals surface area contributed by atoms with Crippen LogP contribution >= 0.6 is 0 Å². The van der Waals surface area contributed by atoms with Crippen molar-refractivity contribution in [1.29, 1.82) is 0 Å². The zero-order valence-electron chi connectivity index (χ0n) is 11.3. The van der Waals surface area contributed by atoms with Gasteiger partial charge in [-0.15, -0.1) is 0 Å². The highest BCUT2D eigenvalue weighted by molar-refractivity contribution is 5.51. The number of nitrogens with zero attached hydrogens (tertiary/aromatic N) is 1. The average Bonchev–Trinajstić information content (AvgIpc) is 2.78. The van der Waals surface area contributed by atoms with E-state index in [1.807, 2.05) is 6.07 Å². The summed E-state index contributed by atoms with van der Waals surface area (Å²) in [5.74, 6) is 1.62. The van der Waals surface area contributed by atoms with E-state index >= 15 is 0 Å². The van der Waals surface area contributed by atoms with E-state index in [2.05, 4.69) is 25.8 Å². The lowest BCUT2D eigenvalue weighted by molar-refractivity contribution is 0.173. The Hall–Kier alpha value is -1.42. The first-order valence-corrected chi connectivity index (χ1v) is 6.47. The third-order valence-electron chi connectivity index (χ3n) is 3.56. The Morgan fingerprint density at radius 3 is 2.44 bits per heavy atom. The Balaban J connectivity index is 2.14. The molecule has 1 N–H and O–H groups in total. The van der Waals surface area contributed by atoms with Crippen LogP contribution in [0, 0.1) is 0 Å². The molecule has 2 rings (SSSR count). The molecule has 0 aliphatic carbocycles. The van der Waals surface area contributed by atoms with Gasteiger partial charge in [0, 0.05) is 24.2 Å². The molecule has 0 spiro atoms. The average molecular weight is 251 g/mol. The van der Waals surface area contributed by atoms with Crippen LogP contribution < -0.4 is 9.47 Å². The fraction of sp³-hybridized carbons (Fsp3) is 0.571. The highest BCUT2D eigenvalue weighted by Gasteiger charge is 2.19. The summed E-state index contributed by atoms with van der Waals surface area (Å²) in [6.07, 6.45) is 2.22. The van der Waals surface area contributed by atoms with Crippen molar-refractivity contribution >= 4 is 0 Å². The zero-order chi connectivity index (χ0) is 13.1. The van der Waals surface area contributed by atoms with Crippen molar-refractivity contribution in [1.82, 2.24) is 4.90 Å². The molecule has 4 heteroatoms. The van der Waals surface area contributed by atoms with Crippen LogP contribution in [-0.4, -0.2) is 29.9 Å². The highest BCUT2D eigenvalue weighted by Crippen LogP contribution is 2.38. The lowest BCUT2D eigenvalue weighted by atomic mass is 10.1. The van der Waals surface area contributed by atoms with Crippen molar-refractivity contribution < 1.29 is 14.6 Å². The van der Waals surface area contributed by atoms with Gasteiger partial charge in [-0.3, -0.25) is 4.90 Å². The van der Waals surface area contributed by atoms with E-state index in [4.69, 9.17) is 9.47 Å². The maximum atomic E-state index is 9.99. The minimum Gasteiger partial charge on any atom is -0.507 e. The fourth-order valence-electron chi connectivity index (χ4n) is 2.41. The van der Waals surface area contributed by atoms with Gasteiger partial charge in [0.1, 0.15) is 5.75 Å². The Morgan fingerprint density at radius 1 is 1.22 bits per heavy atom. The predicted molar refractivity (Wildman–Crippen MR) is 70.1 cm³/mol. The maximum absolute atomic E-state index is 9.99. The quantitative estimate of drug-likeness (QED) is 0.873. The van der Waals surface area contributed by atoms with Gasteiger partial charge in [0.25, 0.3) is 0 Å². The number of hydrogen-bond donors (Lipinski definition) is 1. The number of phenolic OH excluding ortho intramolecular Hbond substituents is 1. The Bertz CT molecular complexity index is 416. The lowest BCUT2D eigenvalue weighted by Gasteiger charge is -2.26. The lowest BCUT2D eigenvalue weighted by Crippen LogP contribution is -2.29. The van der Waals surface area contributed by atoms with Gasteiger partial charge >= 0.3 is 0 Å². The van der Waals surface area contributed by atoms with Gasteiger partial charge in [0.2, 0.25) is 6.79 Å². The minimum absolute atomic E-state index is 0.237. The van der Waals surface area contributed by atoms with Crippen LogP contribution in [0.1, 0.15) is 32.3 Å². The molecule has 1 aliphatic rings. The first-order valence-electron chi connectivity index (χ1n) is 6.47. The van der Waals surface area contributed by atoms with Gasteiger partial charge in [0.05, 0.1) is 0 Å². The topological polar surface area (TPSA) is 41.9 Å². The fourth-order valence-corrected chi connectivity index (χ4v) is 2.41. The Labute approximate surface area is 108 Å². The Morgan fingerprint density at radius 2 is 1.83 bits per heavy atom. The highest BCUT2D eigenvalue weighted by atomic mass is 16.7. The zero-order valence-corrected chi connectivity index (χ0v) is 11.3. The van der Waals surface area contributed by atoms with Crippen LogP contribution in [-0.2, 0) is 6.54 Å². The minimum atomic E-state index is 0.237. The van der Waals surface area contributed by atoms with Crippen molar-refractivity contribution in [3.05, 3.63) is 17.7 Å². The van der Waals surface area contributed by atoms with E-state index in [0.717, 1.165) is 30.7 Å². The molecule has 1 aromatic carbocycles. The number of hydrogen-bond acceptors (Lipinski definition) is 4. The van der Waals surface area contributed by atoms with E-state index in [1.54, 1.807) is 6.07 Å². The smallest absolute Gasteiger partial charge is 0.231 e. The van der Waals surface area contributed by atoms with Gasteiger partial charge in [-0.05, 0) is 26.0 Å². The summed E-state index contributed by atoms with van der Waals surface area (Å²) >= 11 is 0. The van der Waals surface area contributed by atoms with E-state index in [-0.39, 0.29) is 12.5 Å². The van der Waals surface area contributed by atoms with E-state index in [9.17, 15) is 5.11 Å². The molecule has 1 aromatic rings. The second kappa shape index (κ2) is 5.48. The molecule has 0 saturated carbocycles. The summed E-state index contributed by atoms with van der Waals surface area (Å²) in [6, 6.07) is 4.05. The number of ether oxygens (including phenoxy) is 2. The van der Waals surface area contributed by atoms with Crippen LogP contribution in [0.4, 0.5) is 0 Å². The molecule has 0 amide bonds. The standard InChI is InChI=1S/C14H21NO3/c1-4-11(5-2)15(3)8-10-6-13-14(7-12(10)16)18-9-17-13/h6-7,11,16H,4-5,8-9H2,1-3H3. The first-order chi connectivity index (χ1) is 8.65. The van der Waals surface area contributed by atoms with Crippen molar-refractivity contribution in [2.75, 3.05) is 13.8 Å². The van der Waals surface area contributed by atoms with Crippen LogP contribution in [0.2, 0.25) is 0 Å². The second-order valence-electron chi connectivity index (χ2n) is 4.72. The van der Waals surface area contributed by atoms with Gasteiger partial charge < -0.3 is 14.6 Å².